The molecule has 13 heteroatoms. The number of fused-ring (bicyclic) bond motifs is 1. The Labute approximate surface area is 186 Å². The number of rotatable bonds is 5. The smallest absolute Gasteiger partial charge is 0.297 e. The van der Waals surface area contributed by atoms with E-state index in [4.69, 9.17) is 7.85 Å². The van der Waals surface area contributed by atoms with E-state index in [1.807, 2.05) is 0 Å². The van der Waals surface area contributed by atoms with Crippen molar-refractivity contribution in [2.75, 3.05) is 18.0 Å². The van der Waals surface area contributed by atoms with Crippen molar-refractivity contribution in [2.24, 2.45) is 0 Å². The molecule has 2 atom stereocenters. The molecule has 0 aliphatic carbocycles. The lowest BCUT2D eigenvalue weighted by molar-refractivity contribution is -0.0349. The average molecular weight is 487 g/mol. The zero-order valence-electron chi connectivity index (χ0n) is 17.0. The molecule has 33 heavy (non-hydrogen) atoms. The van der Waals surface area contributed by atoms with Crippen LogP contribution in [0.25, 0.3) is 10.9 Å². The van der Waals surface area contributed by atoms with Gasteiger partial charge in [0, 0.05) is 5.56 Å². The highest BCUT2D eigenvalue weighted by Crippen LogP contribution is 2.40. The van der Waals surface area contributed by atoms with Gasteiger partial charge in [-0.15, -0.1) is 5.10 Å². The molecule has 3 aromatic rings. The minimum Gasteiger partial charge on any atom is -0.345 e. The van der Waals surface area contributed by atoms with Crippen molar-refractivity contribution in [3.63, 3.8) is 0 Å². The predicted octanol–water partition coefficient (Wildman–Crippen LogP) is 4.32. The summed E-state index contributed by atoms with van der Waals surface area (Å²) in [6.45, 7) is -0.936. The lowest BCUT2D eigenvalue weighted by Gasteiger charge is -2.16. The van der Waals surface area contributed by atoms with Crippen LogP contribution < -0.4 is 4.90 Å². The normalized spacial score (nSPS) is 20.5. The maximum Gasteiger partial charge on any atom is 0.297 e. The molecule has 0 amide bonds. The summed E-state index contributed by atoms with van der Waals surface area (Å²) in [7, 11) is 0.819. The van der Waals surface area contributed by atoms with Crippen LogP contribution in [0.3, 0.4) is 0 Å². The summed E-state index contributed by atoms with van der Waals surface area (Å²) < 4.78 is 110. The highest BCUT2D eigenvalue weighted by atomic mass is 32.2. The second kappa shape index (κ2) is 7.68. The van der Waals surface area contributed by atoms with Crippen LogP contribution in [0.15, 0.2) is 47.4 Å². The Bertz CT molecular complexity index is 1310. The molecule has 0 bridgehead atoms. The molecule has 2 radical (unpaired) electrons. The predicted molar refractivity (Wildman–Crippen MR) is 110 cm³/mol. The van der Waals surface area contributed by atoms with Gasteiger partial charge in [-0.3, -0.25) is 4.39 Å². The van der Waals surface area contributed by atoms with E-state index in [0.717, 1.165) is 42.2 Å². The van der Waals surface area contributed by atoms with E-state index in [9.17, 15) is 34.8 Å². The van der Waals surface area contributed by atoms with Gasteiger partial charge in [0.2, 0.25) is 0 Å². The summed E-state index contributed by atoms with van der Waals surface area (Å²) in [5, 5.41) is 3.48. The highest BCUT2D eigenvalue weighted by Gasteiger charge is 2.50. The Balaban J connectivity index is 1.91. The van der Waals surface area contributed by atoms with E-state index >= 15 is 0 Å². The topological polar surface area (TPSA) is 55.2 Å². The molecular formula is C20H16BF6N3O2S. The molecule has 2 aromatic carbocycles. The SMILES string of the molecule is [B]C(C)(F)c1ccc(S(=O)(=O)n2nc(N3CC(F)C(F)(F)C3)c3c(C(F)F)cccc32)cc1. The second-order valence-electron chi connectivity index (χ2n) is 7.92. The van der Waals surface area contributed by atoms with E-state index in [2.05, 4.69) is 5.10 Å². The van der Waals surface area contributed by atoms with Crippen LogP contribution in [0, 0.1) is 0 Å². The fraction of sp³-hybridized carbons (Fsp3) is 0.350. The number of halogens is 6. The number of hydrogen-bond acceptors (Lipinski definition) is 4. The van der Waals surface area contributed by atoms with Crippen molar-refractivity contribution in [3.05, 3.63) is 53.6 Å². The molecule has 1 saturated heterocycles. The van der Waals surface area contributed by atoms with Gasteiger partial charge in [0.05, 0.1) is 34.5 Å². The third-order valence-corrected chi connectivity index (χ3v) is 7.01. The fourth-order valence-electron chi connectivity index (χ4n) is 3.70. The third-order valence-electron chi connectivity index (χ3n) is 5.41. The maximum absolute atomic E-state index is 13.9. The van der Waals surface area contributed by atoms with Gasteiger partial charge in [-0.25, -0.2) is 22.0 Å². The molecule has 1 fully saturated rings. The van der Waals surface area contributed by atoms with Crippen LogP contribution in [0.4, 0.5) is 32.2 Å². The maximum atomic E-state index is 13.9. The van der Waals surface area contributed by atoms with Crippen molar-refractivity contribution in [1.29, 1.82) is 0 Å². The van der Waals surface area contributed by atoms with E-state index < -0.39 is 58.6 Å². The van der Waals surface area contributed by atoms with Crippen molar-refractivity contribution in [1.82, 2.24) is 9.19 Å². The fourth-order valence-corrected chi connectivity index (χ4v) is 4.97. The highest BCUT2D eigenvalue weighted by molar-refractivity contribution is 7.90. The molecule has 1 aliphatic heterocycles. The van der Waals surface area contributed by atoms with Gasteiger partial charge in [0.1, 0.15) is 7.85 Å². The molecule has 0 spiro atoms. The van der Waals surface area contributed by atoms with Gasteiger partial charge in [-0.1, -0.05) is 24.3 Å². The zero-order valence-corrected chi connectivity index (χ0v) is 17.8. The number of nitrogens with zero attached hydrogens (tertiary/aromatic N) is 3. The summed E-state index contributed by atoms with van der Waals surface area (Å²) in [6, 6.07) is 7.75. The van der Waals surface area contributed by atoms with Crippen molar-refractivity contribution >= 4 is 34.6 Å². The number of benzene rings is 2. The van der Waals surface area contributed by atoms with Gasteiger partial charge in [0.25, 0.3) is 22.4 Å². The van der Waals surface area contributed by atoms with Crippen molar-refractivity contribution < 1.29 is 34.8 Å². The van der Waals surface area contributed by atoms with Crippen molar-refractivity contribution in [3.8, 4) is 0 Å². The molecule has 2 heterocycles. The molecular weight excluding hydrogens is 471 g/mol. The van der Waals surface area contributed by atoms with Crippen LogP contribution in [0.2, 0.25) is 0 Å². The number of anilines is 1. The molecule has 174 valence electrons. The molecule has 4 rings (SSSR count). The van der Waals surface area contributed by atoms with Gasteiger partial charge < -0.3 is 4.90 Å². The summed E-state index contributed by atoms with van der Waals surface area (Å²) in [4.78, 5) is 0.376. The van der Waals surface area contributed by atoms with Crippen LogP contribution in [-0.2, 0) is 15.6 Å². The molecule has 2 unspecified atom stereocenters. The molecule has 1 aliphatic rings. The quantitative estimate of drug-likeness (QED) is 0.398. The first-order chi connectivity index (χ1) is 15.2. The van der Waals surface area contributed by atoms with E-state index in [-0.39, 0.29) is 21.4 Å². The Morgan fingerprint density at radius 2 is 1.82 bits per heavy atom. The zero-order chi connectivity index (χ0) is 24.3. The Hall–Kier alpha value is -2.70. The van der Waals surface area contributed by atoms with Crippen LogP contribution in [0.5, 0.6) is 0 Å². The number of alkyl halides is 6. The monoisotopic (exact) mass is 487 g/mol. The van der Waals surface area contributed by atoms with Gasteiger partial charge in [-0.05, 0) is 30.7 Å². The summed E-state index contributed by atoms with van der Waals surface area (Å²) in [6.07, 6.45) is -5.66. The lowest BCUT2D eigenvalue weighted by atomic mass is 9.79. The summed E-state index contributed by atoms with van der Waals surface area (Å²) in [5.74, 6) is -4.26. The largest absolute Gasteiger partial charge is 0.345 e. The minimum atomic E-state index is -4.53. The Kier molecular flexibility index (Phi) is 5.46. The van der Waals surface area contributed by atoms with E-state index in [0.29, 0.717) is 4.09 Å². The van der Waals surface area contributed by atoms with Crippen molar-refractivity contribution in [2.45, 2.75) is 35.9 Å². The summed E-state index contributed by atoms with van der Waals surface area (Å²) in [5.41, 5.74) is -3.18. The van der Waals surface area contributed by atoms with E-state index in [1.54, 1.807) is 0 Å². The van der Waals surface area contributed by atoms with Gasteiger partial charge in [0.15, 0.2) is 12.0 Å². The van der Waals surface area contributed by atoms with Gasteiger partial charge >= 0.3 is 0 Å². The van der Waals surface area contributed by atoms with Crippen LogP contribution >= 0.6 is 0 Å². The third kappa shape index (κ3) is 3.96. The van der Waals surface area contributed by atoms with Crippen LogP contribution in [-0.4, -0.2) is 50.6 Å². The first-order valence-electron chi connectivity index (χ1n) is 9.64. The Morgan fingerprint density at radius 3 is 2.33 bits per heavy atom. The average Bonchev–Trinajstić information content (AvgIpc) is 3.24. The molecule has 5 nitrogen and oxygen atoms in total. The first-order valence-corrected chi connectivity index (χ1v) is 11.1. The lowest BCUT2D eigenvalue weighted by Crippen LogP contribution is -2.28. The Morgan fingerprint density at radius 1 is 1.18 bits per heavy atom. The number of aromatic nitrogens is 2. The van der Waals surface area contributed by atoms with E-state index in [1.165, 1.54) is 12.1 Å². The molecule has 1 aromatic heterocycles. The minimum absolute atomic E-state index is 0.0132. The second-order valence-corrected chi connectivity index (χ2v) is 9.69. The molecule has 0 saturated carbocycles. The van der Waals surface area contributed by atoms with Gasteiger partial charge in [-0.2, -0.15) is 12.5 Å². The number of hydrogen-bond donors (Lipinski definition) is 0. The molecule has 0 N–H and O–H groups in total. The summed E-state index contributed by atoms with van der Waals surface area (Å²) >= 11 is 0. The first kappa shape index (κ1) is 23.5. The van der Waals surface area contributed by atoms with Crippen LogP contribution in [0.1, 0.15) is 24.5 Å². The standard InChI is InChI=1S/C20H16BF6N3O2S/c1-19(21,25)11-5-7-12(8-6-11)33(31,32)30-14-4-2-3-13(17(23)24)16(14)18(28-30)29-9-15(22)20(26,27)10-29/h2-8,15,17H,9-10H2,1H3.